The lowest BCUT2D eigenvalue weighted by Gasteiger charge is -2.31. The Labute approximate surface area is 182 Å². The van der Waals surface area contributed by atoms with Gasteiger partial charge in [0.25, 0.3) is 5.69 Å². The number of ether oxygens (including phenoxy) is 1. The Morgan fingerprint density at radius 2 is 1.71 bits per heavy atom. The van der Waals surface area contributed by atoms with Crippen LogP contribution in [-0.4, -0.2) is 36.4 Å². The van der Waals surface area contributed by atoms with Crippen molar-refractivity contribution in [3.05, 3.63) is 68.3 Å². The second kappa shape index (κ2) is 9.29. The van der Waals surface area contributed by atoms with E-state index in [0.717, 1.165) is 42.6 Å². The summed E-state index contributed by atoms with van der Waals surface area (Å²) >= 11 is 0. The van der Waals surface area contributed by atoms with E-state index in [4.69, 9.17) is 4.74 Å². The van der Waals surface area contributed by atoms with Crippen LogP contribution >= 0.6 is 0 Å². The lowest BCUT2D eigenvalue weighted by atomic mass is 9.98. The SMILES string of the molecule is Cc1cc(C)c(C(=O)COC(=O)c2ccc(N3CCC(C)CC3)c([N+](=O)[O-])c2)cc1C. The molecule has 0 amide bonds. The summed E-state index contributed by atoms with van der Waals surface area (Å²) < 4.78 is 5.18. The fraction of sp³-hybridized carbons (Fsp3) is 0.417. The van der Waals surface area contributed by atoms with Gasteiger partial charge in [-0.1, -0.05) is 13.0 Å². The predicted molar refractivity (Wildman–Crippen MR) is 119 cm³/mol. The lowest BCUT2D eigenvalue weighted by Crippen LogP contribution is -2.33. The van der Waals surface area contributed by atoms with Crippen molar-refractivity contribution in [2.75, 3.05) is 24.6 Å². The third-order valence-corrected chi connectivity index (χ3v) is 6.01. The summed E-state index contributed by atoms with van der Waals surface area (Å²) in [6.07, 6.45) is 1.95. The quantitative estimate of drug-likeness (QED) is 0.286. The molecule has 0 radical (unpaired) electrons. The zero-order valence-corrected chi connectivity index (χ0v) is 18.4. The number of Topliss-reactive ketones (excluding diaryl/α,β-unsaturated/α-hetero) is 1. The number of carbonyl (C=O) groups excluding carboxylic acids is 2. The second-order valence-corrected chi connectivity index (χ2v) is 8.38. The summed E-state index contributed by atoms with van der Waals surface area (Å²) in [6, 6.07) is 8.07. The van der Waals surface area contributed by atoms with E-state index in [1.54, 1.807) is 12.1 Å². The van der Waals surface area contributed by atoms with Gasteiger partial charge in [-0.15, -0.1) is 0 Å². The first-order valence-electron chi connectivity index (χ1n) is 10.5. The summed E-state index contributed by atoms with van der Waals surface area (Å²) in [5.74, 6) is -0.456. The number of piperidine rings is 1. The van der Waals surface area contributed by atoms with Gasteiger partial charge in [-0.2, -0.15) is 0 Å². The highest BCUT2D eigenvalue weighted by Crippen LogP contribution is 2.32. The van der Waals surface area contributed by atoms with Crippen LogP contribution in [-0.2, 0) is 4.74 Å². The highest BCUT2D eigenvalue weighted by atomic mass is 16.6. The lowest BCUT2D eigenvalue weighted by molar-refractivity contribution is -0.384. The third kappa shape index (κ3) is 5.10. The smallest absolute Gasteiger partial charge is 0.338 e. The first-order chi connectivity index (χ1) is 14.7. The van der Waals surface area contributed by atoms with Gasteiger partial charge in [0, 0.05) is 24.7 Å². The van der Waals surface area contributed by atoms with Crippen LogP contribution in [0.1, 0.15) is 57.2 Å². The van der Waals surface area contributed by atoms with Crippen LogP contribution in [0.3, 0.4) is 0 Å². The van der Waals surface area contributed by atoms with Gasteiger partial charge >= 0.3 is 5.97 Å². The molecule has 1 saturated heterocycles. The monoisotopic (exact) mass is 424 g/mol. The molecule has 7 heteroatoms. The Kier molecular flexibility index (Phi) is 6.73. The molecule has 0 unspecified atom stereocenters. The fourth-order valence-corrected chi connectivity index (χ4v) is 3.87. The molecule has 2 aromatic carbocycles. The van der Waals surface area contributed by atoms with Gasteiger partial charge in [0.2, 0.25) is 5.78 Å². The number of carbonyl (C=O) groups is 2. The minimum absolute atomic E-state index is 0.0606. The molecule has 0 bridgehead atoms. The minimum atomic E-state index is -0.753. The van der Waals surface area contributed by atoms with Gasteiger partial charge in [-0.25, -0.2) is 4.79 Å². The molecular weight excluding hydrogens is 396 g/mol. The average Bonchev–Trinajstić information content (AvgIpc) is 2.74. The minimum Gasteiger partial charge on any atom is -0.454 e. The van der Waals surface area contributed by atoms with E-state index >= 15 is 0 Å². The summed E-state index contributed by atoms with van der Waals surface area (Å²) in [6.45, 7) is 8.97. The Bertz CT molecular complexity index is 1020. The largest absolute Gasteiger partial charge is 0.454 e. The molecule has 2 aromatic rings. The standard InChI is InChI=1S/C24H28N2O5/c1-15-7-9-25(10-8-15)21-6-5-19(13-22(21)26(29)30)24(28)31-14-23(27)20-12-17(3)16(2)11-18(20)4/h5-6,11-13,15H,7-10,14H2,1-4H3. The molecule has 0 atom stereocenters. The number of nitro groups is 1. The van der Waals surface area contributed by atoms with Gasteiger partial charge in [0.15, 0.2) is 6.61 Å². The maximum absolute atomic E-state index is 12.5. The van der Waals surface area contributed by atoms with Crippen LogP contribution in [0.25, 0.3) is 0 Å². The van der Waals surface area contributed by atoms with Crippen molar-refractivity contribution in [3.8, 4) is 0 Å². The second-order valence-electron chi connectivity index (χ2n) is 8.38. The molecule has 3 rings (SSSR count). The first kappa shape index (κ1) is 22.5. The fourth-order valence-electron chi connectivity index (χ4n) is 3.87. The Morgan fingerprint density at radius 3 is 2.35 bits per heavy atom. The summed E-state index contributed by atoms with van der Waals surface area (Å²) in [7, 11) is 0. The number of ketones is 1. The molecule has 0 aliphatic carbocycles. The number of anilines is 1. The summed E-state index contributed by atoms with van der Waals surface area (Å²) in [4.78, 5) is 38.1. The Hall–Kier alpha value is -3.22. The molecule has 0 aromatic heterocycles. The van der Waals surface area contributed by atoms with Crippen LogP contribution < -0.4 is 4.90 Å². The molecule has 0 saturated carbocycles. The maximum atomic E-state index is 12.5. The van der Waals surface area contributed by atoms with Crippen LogP contribution in [0.4, 0.5) is 11.4 Å². The van der Waals surface area contributed by atoms with Crippen molar-refractivity contribution in [3.63, 3.8) is 0 Å². The molecule has 31 heavy (non-hydrogen) atoms. The maximum Gasteiger partial charge on any atom is 0.338 e. The van der Waals surface area contributed by atoms with Gasteiger partial charge in [0.05, 0.1) is 10.5 Å². The van der Waals surface area contributed by atoms with Crippen molar-refractivity contribution >= 4 is 23.1 Å². The van der Waals surface area contributed by atoms with Gasteiger partial charge in [-0.3, -0.25) is 14.9 Å². The Balaban J connectivity index is 1.73. The number of esters is 1. The number of nitro benzene ring substituents is 1. The van der Waals surface area contributed by atoms with Crippen molar-refractivity contribution < 1.29 is 19.2 Å². The van der Waals surface area contributed by atoms with Crippen LogP contribution in [0.2, 0.25) is 0 Å². The first-order valence-corrected chi connectivity index (χ1v) is 10.5. The molecule has 0 spiro atoms. The van der Waals surface area contributed by atoms with Gasteiger partial charge < -0.3 is 9.64 Å². The molecule has 7 nitrogen and oxygen atoms in total. The van der Waals surface area contributed by atoms with Gasteiger partial charge in [0.1, 0.15) is 5.69 Å². The number of nitrogens with zero attached hydrogens (tertiary/aromatic N) is 2. The topological polar surface area (TPSA) is 89.8 Å². The molecule has 1 aliphatic rings. The zero-order valence-electron chi connectivity index (χ0n) is 18.4. The van der Waals surface area contributed by atoms with E-state index in [1.165, 1.54) is 12.1 Å². The van der Waals surface area contributed by atoms with Gasteiger partial charge in [-0.05, 0) is 74.4 Å². The highest BCUT2D eigenvalue weighted by Gasteiger charge is 2.25. The molecule has 1 heterocycles. The average molecular weight is 424 g/mol. The van der Waals surface area contributed by atoms with E-state index in [9.17, 15) is 19.7 Å². The van der Waals surface area contributed by atoms with Crippen molar-refractivity contribution in [1.29, 1.82) is 0 Å². The van der Waals surface area contributed by atoms with E-state index in [-0.39, 0.29) is 17.0 Å². The number of hydrogen-bond acceptors (Lipinski definition) is 6. The normalized spacial score (nSPS) is 14.4. The zero-order chi connectivity index (χ0) is 22.7. The number of aryl methyl sites for hydroxylation is 3. The molecule has 164 valence electrons. The summed E-state index contributed by atoms with van der Waals surface area (Å²) in [5, 5.41) is 11.6. The van der Waals surface area contributed by atoms with E-state index in [2.05, 4.69) is 6.92 Å². The van der Waals surface area contributed by atoms with E-state index in [0.29, 0.717) is 17.2 Å². The Morgan fingerprint density at radius 1 is 1.06 bits per heavy atom. The van der Waals surface area contributed by atoms with E-state index < -0.39 is 17.5 Å². The summed E-state index contributed by atoms with van der Waals surface area (Å²) in [5.41, 5.74) is 3.85. The van der Waals surface area contributed by atoms with Crippen molar-refractivity contribution in [2.45, 2.75) is 40.5 Å². The van der Waals surface area contributed by atoms with Crippen molar-refractivity contribution in [2.24, 2.45) is 5.92 Å². The van der Waals surface area contributed by atoms with Crippen LogP contribution in [0.15, 0.2) is 30.3 Å². The highest BCUT2D eigenvalue weighted by molar-refractivity contribution is 6.00. The number of rotatable bonds is 6. The molecular formula is C24H28N2O5. The third-order valence-electron chi connectivity index (χ3n) is 6.01. The number of hydrogen-bond donors (Lipinski definition) is 0. The van der Waals surface area contributed by atoms with Crippen molar-refractivity contribution in [1.82, 2.24) is 0 Å². The van der Waals surface area contributed by atoms with Crippen LogP contribution in [0, 0.1) is 36.8 Å². The van der Waals surface area contributed by atoms with E-state index in [1.807, 2.05) is 31.7 Å². The number of benzene rings is 2. The van der Waals surface area contributed by atoms with Crippen LogP contribution in [0.5, 0.6) is 0 Å². The predicted octanol–water partition coefficient (Wildman–Crippen LogP) is 4.80. The molecule has 0 N–H and O–H groups in total. The molecule has 1 aliphatic heterocycles. The molecule has 1 fully saturated rings.